The molecule has 0 amide bonds. The molecule has 4 aliphatic rings. The van der Waals surface area contributed by atoms with Crippen LogP contribution in [-0.2, 0) is 6.42 Å². The van der Waals surface area contributed by atoms with E-state index in [-0.39, 0.29) is 23.1 Å². The van der Waals surface area contributed by atoms with E-state index >= 15 is 0 Å². The highest BCUT2D eigenvalue weighted by molar-refractivity contribution is 6.00. The number of hydrogen-bond acceptors (Lipinski definition) is 8. The molecule has 43 heavy (non-hydrogen) atoms. The fourth-order valence-corrected chi connectivity index (χ4v) is 8.10. The summed E-state index contributed by atoms with van der Waals surface area (Å²) in [5.41, 5.74) is 1.98. The van der Waals surface area contributed by atoms with Crippen molar-refractivity contribution in [3.63, 3.8) is 0 Å². The van der Waals surface area contributed by atoms with Crippen molar-refractivity contribution in [3.05, 3.63) is 47.8 Å². The number of anilines is 1. The first-order valence-electron chi connectivity index (χ1n) is 15.6. The zero-order valence-electron chi connectivity index (χ0n) is 24.3. The van der Waals surface area contributed by atoms with Gasteiger partial charge < -0.3 is 20.1 Å². The molecule has 8 rings (SSSR count). The minimum Gasteiger partial charge on any atom is -0.508 e. The molecule has 10 heteroatoms. The van der Waals surface area contributed by atoms with Gasteiger partial charge in [-0.25, -0.2) is 13.8 Å². The number of benzene rings is 2. The maximum Gasteiger partial charge on any atom is 0.320 e. The van der Waals surface area contributed by atoms with E-state index in [0.717, 1.165) is 67.3 Å². The number of phenolic OH excluding ortho intramolecular Hbond substituents is 1. The number of fused-ring (bicyclic) bond motifs is 5. The van der Waals surface area contributed by atoms with Gasteiger partial charge in [-0.05, 0) is 85.3 Å². The third kappa shape index (κ3) is 4.57. The van der Waals surface area contributed by atoms with Gasteiger partial charge in [0.25, 0.3) is 0 Å². The van der Waals surface area contributed by atoms with Gasteiger partial charge in [0.15, 0.2) is 5.65 Å². The summed E-state index contributed by atoms with van der Waals surface area (Å²) in [6, 6.07) is 11.4. The third-order valence-electron chi connectivity index (χ3n) is 10.0. The molecular weight excluding hydrogens is 550 g/mol. The van der Waals surface area contributed by atoms with Crippen molar-refractivity contribution >= 4 is 27.6 Å². The van der Waals surface area contributed by atoms with E-state index in [9.17, 15) is 13.9 Å². The maximum atomic E-state index is 14.9. The van der Waals surface area contributed by atoms with Gasteiger partial charge in [0.1, 0.15) is 30.2 Å². The first-order chi connectivity index (χ1) is 20.9. The summed E-state index contributed by atoms with van der Waals surface area (Å²) in [7, 11) is 0. The van der Waals surface area contributed by atoms with Gasteiger partial charge >= 0.3 is 6.01 Å². The average molecular weight is 587 g/mol. The van der Waals surface area contributed by atoms with Crippen LogP contribution in [0.4, 0.5) is 14.6 Å². The second kappa shape index (κ2) is 10.2. The molecule has 4 aromatic rings. The van der Waals surface area contributed by atoms with E-state index in [1.54, 1.807) is 18.2 Å². The number of halogens is 2. The number of aryl methyl sites for hydroxylation is 1. The van der Waals surface area contributed by atoms with E-state index in [1.165, 1.54) is 6.07 Å². The number of aromatic hydroxyl groups is 1. The number of piperazine rings is 1. The third-order valence-corrected chi connectivity index (χ3v) is 10.0. The molecule has 224 valence electrons. The van der Waals surface area contributed by atoms with Crippen LogP contribution >= 0.6 is 0 Å². The Labute approximate surface area is 249 Å². The summed E-state index contributed by atoms with van der Waals surface area (Å²) >= 11 is 0. The largest absolute Gasteiger partial charge is 0.508 e. The molecule has 0 saturated carbocycles. The molecule has 8 nitrogen and oxygen atoms in total. The lowest BCUT2D eigenvalue weighted by Gasteiger charge is -2.34. The smallest absolute Gasteiger partial charge is 0.320 e. The second-order valence-corrected chi connectivity index (χ2v) is 12.8. The van der Waals surface area contributed by atoms with Crippen LogP contribution in [0.25, 0.3) is 33.1 Å². The Balaban J connectivity index is 1.24. The fraction of sp³-hybridized carbons (Fsp3) is 0.485. The Hall–Kier alpha value is -3.63. The number of pyridine rings is 1. The Morgan fingerprint density at radius 1 is 1.07 bits per heavy atom. The second-order valence-electron chi connectivity index (χ2n) is 12.8. The van der Waals surface area contributed by atoms with Crippen molar-refractivity contribution in [2.45, 2.75) is 69.2 Å². The van der Waals surface area contributed by atoms with Crippen molar-refractivity contribution in [3.8, 4) is 23.0 Å². The van der Waals surface area contributed by atoms with Crippen LogP contribution < -0.4 is 15.0 Å². The SMILES string of the molecule is CCc1c(F)ccc2cc(O)cc(-c3ccc4c(N5C[C@H]6CC[C@@H](C5)N6)nc(OC[C@@]56CCCN5C[C@H](F)C6)nc4n3)c12. The molecule has 4 atom stereocenters. The van der Waals surface area contributed by atoms with E-state index in [1.807, 2.05) is 19.1 Å². The van der Waals surface area contributed by atoms with Crippen LogP contribution in [0.3, 0.4) is 0 Å². The van der Waals surface area contributed by atoms with Crippen LogP contribution in [0, 0.1) is 5.82 Å². The Morgan fingerprint density at radius 3 is 2.72 bits per heavy atom. The zero-order valence-corrected chi connectivity index (χ0v) is 24.3. The highest BCUT2D eigenvalue weighted by Gasteiger charge is 2.49. The molecule has 0 spiro atoms. The average Bonchev–Trinajstić information content (AvgIpc) is 3.65. The Morgan fingerprint density at radius 2 is 1.91 bits per heavy atom. The Kier molecular flexibility index (Phi) is 6.41. The minimum atomic E-state index is -0.840. The molecule has 0 unspecified atom stereocenters. The number of ether oxygens (including phenoxy) is 1. The van der Waals surface area contributed by atoms with Crippen molar-refractivity contribution in [2.24, 2.45) is 0 Å². The maximum absolute atomic E-state index is 14.9. The number of nitrogens with one attached hydrogen (secondary N) is 1. The molecule has 2 aromatic heterocycles. The summed E-state index contributed by atoms with van der Waals surface area (Å²) in [5.74, 6) is 0.595. The molecule has 6 heterocycles. The van der Waals surface area contributed by atoms with Gasteiger partial charge in [-0.1, -0.05) is 13.0 Å². The number of rotatable bonds is 6. The molecule has 0 aliphatic carbocycles. The molecule has 2 bridgehead atoms. The quantitative estimate of drug-likeness (QED) is 0.321. The summed E-state index contributed by atoms with van der Waals surface area (Å²) in [6.45, 7) is 5.27. The lowest BCUT2D eigenvalue weighted by molar-refractivity contribution is 0.107. The highest BCUT2D eigenvalue weighted by atomic mass is 19.1. The van der Waals surface area contributed by atoms with Gasteiger partial charge in [-0.2, -0.15) is 9.97 Å². The monoisotopic (exact) mass is 586 g/mol. The number of nitrogens with zero attached hydrogens (tertiary/aromatic N) is 5. The molecule has 4 saturated heterocycles. The van der Waals surface area contributed by atoms with Gasteiger partial charge in [0, 0.05) is 43.7 Å². The summed E-state index contributed by atoms with van der Waals surface area (Å²) in [6.07, 6.45) is 4.34. The van der Waals surface area contributed by atoms with Crippen LogP contribution in [0.2, 0.25) is 0 Å². The Bertz CT molecular complexity index is 1720. The first-order valence-corrected chi connectivity index (χ1v) is 15.6. The number of aromatic nitrogens is 3. The van der Waals surface area contributed by atoms with E-state index in [0.29, 0.717) is 60.5 Å². The van der Waals surface area contributed by atoms with Gasteiger partial charge in [0.05, 0.1) is 16.6 Å². The van der Waals surface area contributed by atoms with Crippen LogP contribution in [-0.4, -0.2) is 81.5 Å². The van der Waals surface area contributed by atoms with Gasteiger partial charge in [-0.15, -0.1) is 0 Å². The zero-order chi connectivity index (χ0) is 29.3. The molecule has 2 aromatic carbocycles. The van der Waals surface area contributed by atoms with Crippen LogP contribution in [0.5, 0.6) is 11.8 Å². The lowest BCUT2D eigenvalue weighted by Crippen LogP contribution is -2.51. The molecule has 4 aliphatic heterocycles. The number of alkyl halides is 1. The summed E-state index contributed by atoms with van der Waals surface area (Å²) in [5, 5.41) is 16.6. The van der Waals surface area contributed by atoms with Crippen molar-refractivity contribution < 1.29 is 18.6 Å². The van der Waals surface area contributed by atoms with Gasteiger partial charge in [-0.3, -0.25) is 4.90 Å². The van der Waals surface area contributed by atoms with Crippen LogP contribution in [0.15, 0.2) is 36.4 Å². The topological polar surface area (TPSA) is 86.6 Å². The normalized spacial score (nSPS) is 27.0. The summed E-state index contributed by atoms with van der Waals surface area (Å²) in [4.78, 5) is 19.2. The number of phenols is 1. The van der Waals surface area contributed by atoms with E-state index in [4.69, 9.17) is 19.7 Å². The molecule has 2 N–H and O–H groups in total. The minimum absolute atomic E-state index is 0.0878. The molecular formula is C33H36F2N6O2. The fourth-order valence-electron chi connectivity index (χ4n) is 8.10. The lowest BCUT2D eigenvalue weighted by atomic mass is 9.95. The highest BCUT2D eigenvalue weighted by Crippen LogP contribution is 2.41. The first kappa shape index (κ1) is 27.0. The number of hydrogen-bond donors (Lipinski definition) is 2. The van der Waals surface area contributed by atoms with E-state index in [2.05, 4.69) is 15.1 Å². The van der Waals surface area contributed by atoms with E-state index < -0.39 is 6.17 Å². The van der Waals surface area contributed by atoms with Crippen LogP contribution in [0.1, 0.15) is 44.6 Å². The standard InChI is InChI=1S/C33H36F2N6O2/c1-2-24-27(35)8-4-19-12-23(42)13-26(29(19)24)28-9-7-25-30(37-28)38-32(39-31(25)40-16-21-5-6-22(17-40)36-21)43-18-33-10-3-11-41(33)15-20(34)14-33/h4,7-9,12-13,20-22,36,42H,2-3,5-6,10-11,14-18H2,1H3/t20-,21-,22+,33+/m1/s1. The van der Waals surface area contributed by atoms with Crippen molar-refractivity contribution in [2.75, 3.05) is 37.7 Å². The predicted octanol–water partition coefficient (Wildman–Crippen LogP) is 5.15. The predicted molar refractivity (Wildman–Crippen MR) is 162 cm³/mol. The summed E-state index contributed by atoms with van der Waals surface area (Å²) < 4.78 is 35.7. The molecule has 0 radical (unpaired) electrons. The van der Waals surface area contributed by atoms with Crippen molar-refractivity contribution in [1.82, 2.24) is 25.2 Å². The molecule has 4 fully saturated rings. The van der Waals surface area contributed by atoms with Crippen molar-refractivity contribution in [1.29, 1.82) is 0 Å². The van der Waals surface area contributed by atoms with Gasteiger partial charge in [0.2, 0.25) is 0 Å².